The molecular formula is C29H34N4O4S. The molecular weight excluding hydrogens is 500 g/mol. The third kappa shape index (κ3) is 6.58. The number of amides is 1. The number of anilines is 1. The SMILES string of the molecule is Cc1cccc(/C=C/C(C)C)c1-c1cc2nc(n1)NS(=O)(=O)c1cccc(c1)C(=O)N[C@H](CC(C)C)CO2. The van der Waals surface area contributed by atoms with E-state index in [0.29, 0.717) is 24.0 Å². The van der Waals surface area contributed by atoms with Gasteiger partial charge in [-0.3, -0.25) is 4.79 Å². The summed E-state index contributed by atoms with van der Waals surface area (Å²) >= 11 is 0. The van der Waals surface area contributed by atoms with Crippen LogP contribution < -0.4 is 14.8 Å². The molecule has 4 rings (SSSR count). The quantitative estimate of drug-likeness (QED) is 0.450. The van der Waals surface area contributed by atoms with Crippen LogP contribution in [-0.4, -0.2) is 36.9 Å². The fourth-order valence-electron chi connectivity index (χ4n) is 4.32. The Morgan fingerprint density at radius 1 is 1.08 bits per heavy atom. The van der Waals surface area contributed by atoms with Crippen LogP contribution in [0.5, 0.6) is 5.88 Å². The molecule has 1 aliphatic heterocycles. The summed E-state index contributed by atoms with van der Waals surface area (Å²) < 4.78 is 35.1. The molecule has 2 N–H and O–H groups in total. The fraction of sp³-hybridized carbons (Fsp3) is 0.345. The van der Waals surface area contributed by atoms with E-state index in [1.165, 1.54) is 12.1 Å². The third-order valence-electron chi connectivity index (χ3n) is 6.08. The average molecular weight is 535 g/mol. The summed E-state index contributed by atoms with van der Waals surface area (Å²) in [6.45, 7) is 10.5. The number of nitrogens with zero attached hydrogens (tertiary/aromatic N) is 2. The van der Waals surface area contributed by atoms with Crippen molar-refractivity contribution in [2.45, 2.75) is 52.0 Å². The molecule has 1 aromatic heterocycles. The first-order chi connectivity index (χ1) is 18.0. The number of hydrogen-bond donors (Lipinski definition) is 2. The summed E-state index contributed by atoms with van der Waals surface area (Å²) in [5.74, 6) is 0.392. The Morgan fingerprint density at radius 3 is 2.58 bits per heavy atom. The number of aromatic nitrogens is 2. The first-order valence-corrected chi connectivity index (χ1v) is 14.2. The normalized spacial score (nSPS) is 17.2. The van der Waals surface area contributed by atoms with Crippen LogP contribution in [0.15, 0.2) is 59.5 Å². The van der Waals surface area contributed by atoms with Crippen molar-refractivity contribution in [3.8, 4) is 17.1 Å². The summed E-state index contributed by atoms with van der Waals surface area (Å²) in [5.41, 5.74) is 3.56. The first-order valence-electron chi connectivity index (χ1n) is 12.8. The van der Waals surface area contributed by atoms with E-state index in [2.05, 4.69) is 53.8 Å². The average Bonchev–Trinajstić information content (AvgIpc) is 2.85. The number of sulfonamides is 1. The second-order valence-electron chi connectivity index (χ2n) is 10.3. The maximum Gasteiger partial charge on any atom is 0.264 e. The number of hydrogen-bond acceptors (Lipinski definition) is 6. The molecule has 0 spiro atoms. The van der Waals surface area contributed by atoms with Crippen LogP contribution in [0.1, 0.15) is 55.6 Å². The predicted molar refractivity (Wildman–Crippen MR) is 150 cm³/mol. The van der Waals surface area contributed by atoms with Gasteiger partial charge in [0.1, 0.15) is 6.61 Å². The molecule has 0 fully saturated rings. The highest BCUT2D eigenvalue weighted by Gasteiger charge is 2.23. The summed E-state index contributed by atoms with van der Waals surface area (Å²) in [4.78, 5) is 21.9. The van der Waals surface area contributed by atoms with Gasteiger partial charge in [-0.05, 0) is 54.5 Å². The topological polar surface area (TPSA) is 110 Å². The number of ether oxygens (including phenoxy) is 1. The Bertz CT molecular complexity index is 1470. The molecule has 9 heteroatoms. The van der Waals surface area contributed by atoms with Gasteiger partial charge in [0, 0.05) is 17.2 Å². The summed E-state index contributed by atoms with van der Waals surface area (Å²) in [6.07, 6.45) is 4.82. The van der Waals surface area contributed by atoms with Crippen LogP contribution in [-0.2, 0) is 10.0 Å². The number of benzene rings is 2. The molecule has 38 heavy (non-hydrogen) atoms. The number of carbonyl (C=O) groups is 1. The molecule has 2 heterocycles. The second-order valence-corrected chi connectivity index (χ2v) is 12.0. The highest BCUT2D eigenvalue weighted by atomic mass is 32.2. The van der Waals surface area contributed by atoms with Crippen molar-refractivity contribution in [3.63, 3.8) is 0 Å². The van der Waals surface area contributed by atoms with Crippen molar-refractivity contribution < 1.29 is 17.9 Å². The predicted octanol–water partition coefficient (Wildman–Crippen LogP) is 5.46. The molecule has 2 aromatic carbocycles. The summed E-state index contributed by atoms with van der Waals surface area (Å²) in [6, 6.07) is 13.3. The Morgan fingerprint density at radius 2 is 1.84 bits per heavy atom. The minimum Gasteiger partial charge on any atom is -0.475 e. The van der Waals surface area contributed by atoms with Crippen molar-refractivity contribution in [1.82, 2.24) is 15.3 Å². The van der Waals surface area contributed by atoms with Gasteiger partial charge >= 0.3 is 0 Å². The molecule has 4 bridgehead atoms. The van der Waals surface area contributed by atoms with Gasteiger partial charge in [-0.15, -0.1) is 0 Å². The number of aryl methyl sites for hydroxylation is 1. The molecule has 3 aromatic rings. The third-order valence-corrected chi connectivity index (χ3v) is 7.41. The molecule has 0 aliphatic carbocycles. The van der Waals surface area contributed by atoms with Crippen LogP contribution in [0.2, 0.25) is 0 Å². The number of fused-ring (bicyclic) bond motifs is 4. The second kappa shape index (κ2) is 11.3. The molecule has 200 valence electrons. The van der Waals surface area contributed by atoms with Gasteiger partial charge in [-0.2, -0.15) is 4.98 Å². The zero-order valence-corrected chi connectivity index (χ0v) is 23.2. The van der Waals surface area contributed by atoms with E-state index >= 15 is 0 Å². The van der Waals surface area contributed by atoms with Gasteiger partial charge in [-0.1, -0.05) is 64.1 Å². The zero-order valence-electron chi connectivity index (χ0n) is 22.4. The van der Waals surface area contributed by atoms with Gasteiger partial charge in [0.15, 0.2) is 0 Å². The molecule has 0 unspecified atom stereocenters. The van der Waals surface area contributed by atoms with E-state index in [1.807, 2.05) is 31.2 Å². The van der Waals surface area contributed by atoms with Crippen molar-refractivity contribution >= 4 is 28.0 Å². The van der Waals surface area contributed by atoms with Crippen LogP contribution >= 0.6 is 0 Å². The maximum absolute atomic E-state index is 13.3. The highest BCUT2D eigenvalue weighted by Crippen LogP contribution is 2.31. The number of rotatable bonds is 5. The molecule has 8 nitrogen and oxygen atoms in total. The molecule has 1 amide bonds. The lowest BCUT2D eigenvalue weighted by Gasteiger charge is -2.21. The largest absolute Gasteiger partial charge is 0.475 e. The zero-order chi connectivity index (χ0) is 27.4. The lowest BCUT2D eigenvalue weighted by atomic mass is 9.97. The van der Waals surface area contributed by atoms with Crippen LogP contribution in [0.3, 0.4) is 0 Å². The van der Waals surface area contributed by atoms with Crippen molar-refractivity contribution in [2.24, 2.45) is 11.8 Å². The smallest absolute Gasteiger partial charge is 0.264 e. The van der Waals surface area contributed by atoms with Crippen LogP contribution in [0, 0.1) is 18.8 Å². The number of allylic oxidation sites excluding steroid dienone is 1. The van der Waals surface area contributed by atoms with E-state index in [4.69, 9.17) is 4.74 Å². The van der Waals surface area contributed by atoms with Gasteiger partial charge in [-0.25, -0.2) is 18.1 Å². The van der Waals surface area contributed by atoms with Gasteiger partial charge in [0.05, 0.1) is 16.6 Å². The summed E-state index contributed by atoms with van der Waals surface area (Å²) in [5, 5.41) is 2.99. The monoisotopic (exact) mass is 534 g/mol. The van der Waals surface area contributed by atoms with Crippen LogP contribution in [0.25, 0.3) is 17.3 Å². The van der Waals surface area contributed by atoms with Crippen LogP contribution in [0.4, 0.5) is 5.95 Å². The standard InChI is InChI=1S/C29H34N4O4S/c1-18(2)12-13-21-9-6-8-20(5)27(21)25-16-26-32-29(31-25)33-38(35,36)24-11-7-10-22(15-24)28(34)30-23(17-37-26)14-19(3)4/h6-13,15-16,18-19,23H,14,17H2,1-5H3,(H,30,34)(H,31,32,33)/b13-12+/t23-/m1/s1. The Kier molecular flexibility index (Phi) is 8.16. The van der Waals surface area contributed by atoms with Crippen molar-refractivity contribution in [3.05, 3.63) is 71.3 Å². The first kappa shape index (κ1) is 27.3. The highest BCUT2D eigenvalue weighted by molar-refractivity contribution is 7.92. The van der Waals surface area contributed by atoms with Crippen molar-refractivity contribution in [2.75, 3.05) is 11.3 Å². The lowest BCUT2D eigenvalue weighted by Crippen LogP contribution is -2.40. The Balaban J connectivity index is 1.86. The van der Waals surface area contributed by atoms with Gasteiger partial charge in [0.25, 0.3) is 15.9 Å². The van der Waals surface area contributed by atoms with E-state index in [9.17, 15) is 13.2 Å². The van der Waals surface area contributed by atoms with E-state index in [-0.39, 0.29) is 40.8 Å². The van der Waals surface area contributed by atoms with E-state index in [1.54, 1.807) is 18.2 Å². The molecule has 1 atom stereocenters. The number of carbonyl (C=O) groups excluding carboxylic acids is 1. The van der Waals surface area contributed by atoms with Gasteiger partial charge in [0.2, 0.25) is 11.8 Å². The Labute approximate surface area is 224 Å². The minimum absolute atomic E-state index is 0.0577. The maximum atomic E-state index is 13.3. The van der Waals surface area contributed by atoms with Crippen molar-refractivity contribution in [1.29, 1.82) is 0 Å². The molecule has 1 aliphatic rings. The summed E-state index contributed by atoms with van der Waals surface area (Å²) in [7, 11) is -4.08. The van der Waals surface area contributed by atoms with Gasteiger partial charge < -0.3 is 10.1 Å². The minimum atomic E-state index is -4.08. The van der Waals surface area contributed by atoms with E-state index < -0.39 is 10.0 Å². The number of nitrogens with one attached hydrogen (secondary N) is 2. The molecule has 0 radical (unpaired) electrons. The fourth-order valence-corrected chi connectivity index (χ4v) is 5.31. The van der Waals surface area contributed by atoms with E-state index in [0.717, 1.165) is 16.7 Å². The Hall–Kier alpha value is -3.72. The lowest BCUT2D eigenvalue weighted by molar-refractivity contribution is 0.0913. The molecule has 0 saturated carbocycles. The molecule has 0 saturated heterocycles.